The van der Waals surface area contributed by atoms with Crippen molar-refractivity contribution >= 4 is 92.6 Å². The van der Waals surface area contributed by atoms with Gasteiger partial charge in [-0.15, -0.1) is 0 Å². The molecule has 0 bridgehead atoms. The molecule has 7 rings (SSSR count). The number of hydrogen-bond acceptors (Lipinski definition) is 8. The van der Waals surface area contributed by atoms with E-state index in [0.717, 1.165) is 22.3 Å². The maximum atomic E-state index is 12.9. The third kappa shape index (κ3) is 13.0. The first-order valence-corrected chi connectivity index (χ1v) is 21.5. The second kappa shape index (κ2) is 22.4. The predicted octanol–water partition coefficient (Wildman–Crippen LogP) is 7.79. The molecule has 0 saturated carbocycles. The van der Waals surface area contributed by atoms with Gasteiger partial charge in [-0.05, 0) is 164 Å². The summed E-state index contributed by atoms with van der Waals surface area (Å²) in [5.41, 5.74) is 45.8. The van der Waals surface area contributed by atoms with Gasteiger partial charge in [0.05, 0.1) is 22.7 Å². The van der Waals surface area contributed by atoms with E-state index in [9.17, 15) is 9.59 Å². The van der Waals surface area contributed by atoms with E-state index in [4.69, 9.17) is 34.4 Å². The van der Waals surface area contributed by atoms with Crippen molar-refractivity contribution in [3.63, 3.8) is 0 Å². The normalized spacial score (nSPS) is 12.5. The third-order valence-electron chi connectivity index (χ3n) is 10.4. The Morgan fingerprint density at radius 2 is 0.543 bits per heavy atom. The lowest BCUT2D eigenvalue weighted by atomic mass is 10.1. The molecule has 0 aliphatic carbocycles. The zero-order valence-electron chi connectivity index (χ0n) is 38.1. The van der Waals surface area contributed by atoms with Crippen LogP contribution >= 0.6 is 0 Å². The summed E-state index contributed by atoms with van der Waals surface area (Å²) in [5, 5.41) is 11.1. The Morgan fingerprint density at radius 1 is 0.314 bits per heavy atom. The van der Waals surface area contributed by atoms with Crippen molar-refractivity contribution in [3.8, 4) is 0 Å². The number of hydrogen-bond donors (Lipinski definition) is 10. The number of nitrogens with two attached hydrogens (primary N) is 6. The van der Waals surface area contributed by atoms with Crippen LogP contribution in [0.4, 0.5) is 55.1 Å². The number of rotatable bonds is 14. The molecule has 0 aromatic heterocycles. The summed E-state index contributed by atoms with van der Waals surface area (Å²) in [6.45, 7) is 0. The molecule has 0 spiro atoms. The fourth-order valence-electron chi connectivity index (χ4n) is 6.61. The number of aliphatic imine (C=N–C) groups is 6. The predicted molar refractivity (Wildman–Crippen MR) is 285 cm³/mol. The highest BCUT2D eigenvalue weighted by Gasteiger charge is 2.10. The highest BCUT2D eigenvalue weighted by molar-refractivity contribution is 6.05. The third-order valence-corrected chi connectivity index (χ3v) is 10.4. The highest BCUT2D eigenvalue weighted by Crippen LogP contribution is 2.22. The summed E-state index contributed by atoms with van der Waals surface area (Å²) in [6, 6.07) is 48.5. The first-order chi connectivity index (χ1) is 33.8. The molecule has 0 heterocycles. The standard InChI is InChI=1S/C52H50N16O2/c1-59-45(53)31-6-18-37(19-7-31)61-47(55)33-10-22-39(23-11-33)63-49(57)35-14-26-41(27-15-35)65-51(69)67-43-4-3-5-44(30-43)68-52(70)66-42-28-16-36(17-29-42)50(58)64-40-24-12-34(13-25-40)48(56)62-38-20-8-32(9-21-38)46(54)60-2/h3-30H,1-2H3,(H2,53,59)(H2,54,60)(H2,55,61)(H2,56,62)(H2,57,63)(H2,58,64)(H2,65,67,69)(H2,66,68,70). The van der Waals surface area contributed by atoms with E-state index in [1.807, 2.05) is 72.8 Å². The van der Waals surface area contributed by atoms with Crippen LogP contribution in [0.15, 0.2) is 200 Å². The molecule has 18 heteroatoms. The molecular weight excluding hydrogens is 881 g/mol. The SMILES string of the molecule is CN=C(N)c1ccc(N=C(N)c2ccc(N=C(N)c3ccc(NC(=O)Nc4cccc(NC(=O)Nc5ccc(C(N)=Nc6ccc(C(N)=Nc7ccc(C(N)=NC)cc7)cc6)cc5)c4)cc3)cc2)cc1. The average Bonchev–Trinajstić information content (AvgIpc) is 3.37. The minimum absolute atomic E-state index is 0.280. The summed E-state index contributed by atoms with van der Waals surface area (Å²) in [5.74, 6) is 2.12. The number of benzene rings is 7. The summed E-state index contributed by atoms with van der Waals surface area (Å²) < 4.78 is 0. The van der Waals surface area contributed by atoms with Gasteiger partial charge in [0.1, 0.15) is 35.0 Å². The number of amides is 4. The quantitative estimate of drug-likeness (QED) is 0.0378. The zero-order chi connectivity index (χ0) is 49.6. The number of urea groups is 2. The molecule has 16 N–H and O–H groups in total. The second-order valence-corrected chi connectivity index (χ2v) is 15.3. The van der Waals surface area contributed by atoms with Crippen molar-refractivity contribution in [3.05, 3.63) is 203 Å². The van der Waals surface area contributed by atoms with Crippen LogP contribution in [0.25, 0.3) is 0 Å². The first kappa shape index (κ1) is 47.9. The van der Waals surface area contributed by atoms with Crippen molar-refractivity contribution in [2.75, 3.05) is 35.4 Å². The molecule has 0 fully saturated rings. The second-order valence-electron chi connectivity index (χ2n) is 15.3. The van der Waals surface area contributed by atoms with Gasteiger partial charge in [0, 0.05) is 70.2 Å². The van der Waals surface area contributed by atoms with E-state index in [1.165, 1.54) is 0 Å². The fourth-order valence-corrected chi connectivity index (χ4v) is 6.61. The monoisotopic (exact) mass is 930 g/mol. The molecular formula is C52H50N16O2. The van der Waals surface area contributed by atoms with Crippen LogP contribution in [0.2, 0.25) is 0 Å². The van der Waals surface area contributed by atoms with Crippen molar-refractivity contribution in [2.24, 2.45) is 64.4 Å². The van der Waals surface area contributed by atoms with Crippen molar-refractivity contribution in [1.29, 1.82) is 0 Å². The number of anilines is 4. The zero-order valence-corrected chi connectivity index (χ0v) is 38.1. The Hall–Kier alpha value is -10.1. The van der Waals surface area contributed by atoms with Gasteiger partial charge in [-0.3, -0.25) is 9.98 Å². The van der Waals surface area contributed by atoms with Crippen molar-refractivity contribution < 1.29 is 9.59 Å². The molecule has 18 nitrogen and oxygen atoms in total. The van der Waals surface area contributed by atoms with Crippen LogP contribution in [0.1, 0.15) is 33.4 Å². The highest BCUT2D eigenvalue weighted by atomic mass is 16.2. The smallest absolute Gasteiger partial charge is 0.323 e. The van der Waals surface area contributed by atoms with Gasteiger partial charge < -0.3 is 55.7 Å². The van der Waals surface area contributed by atoms with E-state index >= 15 is 0 Å². The molecule has 0 aliphatic rings. The summed E-state index contributed by atoms with van der Waals surface area (Å²) in [7, 11) is 3.27. The van der Waals surface area contributed by atoms with Crippen LogP contribution < -0.4 is 55.7 Å². The van der Waals surface area contributed by atoms with Crippen molar-refractivity contribution in [2.45, 2.75) is 0 Å². The van der Waals surface area contributed by atoms with Gasteiger partial charge in [0.2, 0.25) is 0 Å². The number of carbonyl (C=O) groups excluding carboxylic acids is 2. The fraction of sp³-hybridized carbons (Fsp3) is 0.0385. The van der Waals surface area contributed by atoms with Crippen LogP contribution in [-0.2, 0) is 0 Å². The summed E-state index contributed by atoms with van der Waals surface area (Å²) in [4.78, 5) is 51.8. The molecule has 0 saturated heterocycles. The Balaban J connectivity index is 0.865. The number of nitrogens with one attached hydrogen (secondary N) is 4. The van der Waals surface area contributed by atoms with Crippen LogP contribution in [-0.4, -0.2) is 61.2 Å². The topological polar surface area (TPSA) is 313 Å². The molecule has 0 unspecified atom stereocenters. The minimum Gasteiger partial charge on any atom is -0.384 e. The minimum atomic E-state index is -0.492. The molecule has 7 aromatic rings. The maximum Gasteiger partial charge on any atom is 0.323 e. The van der Waals surface area contributed by atoms with Gasteiger partial charge in [-0.1, -0.05) is 6.07 Å². The molecule has 0 aliphatic heterocycles. The van der Waals surface area contributed by atoms with E-state index in [-0.39, 0.29) is 11.7 Å². The number of nitrogens with zero attached hydrogens (tertiary/aromatic N) is 6. The Bertz CT molecular complexity index is 2950. The van der Waals surface area contributed by atoms with Gasteiger partial charge in [0.15, 0.2) is 0 Å². The molecule has 4 amide bonds. The van der Waals surface area contributed by atoms with E-state index in [2.05, 4.69) is 51.2 Å². The Labute approximate surface area is 403 Å². The molecule has 0 radical (unpaired) electrons. The lowest BCUT2D eigenvalue weighted by Crippen LogP contribution is -2.21. The first-order valence-electron chi connectivity index (χ1n) is 21.5. The number of carbonyl (C=O) groups is 2. The van der Waals surface area contributed by atoms with E-state index < -0.39 is 12.1 Å². The van der Waals surface area contributed by atoms with Crippen LogP contribution in [0.3, 0.4) is 0 Å². The summed E-state index contributed by atoms with van der Waals surface area (Å²) >= 11 is 0. The lowest BCUT2D eigenvalue weighted by molar-refractivity contribution is 0.261. The van der Waals surface area contributed by atoms with Gasteiger partial charge in [-0.2, -0.15) is 0 Å². The van der Waals surface area contributed by atoms with Gasteiger partial charge in [0.25, 0.3) is 0 Å². The molecule has 0 atom stereocenters. The van der Waals surface area contributed by atoms with Crippen LogP contribution in [0.5, 0.6) is 0 Å². The largest absolute Gasteiger partial charge is 0.384 e. The molecule has 350 valence electrons. The van der Waals surface area contributed by atoms with Gasteiger partial charge >= 0.3 is 12.1 Å². The Morgan fingerprint density at radius 3 is 0.800 bits per heavy atom. The lowest BCUT2D eigenvalue weighted by Gasteiger charge is -2.11. The van der Waals surface area contributed by atoms with Crippen LogP contribution in [0, 0.1) is 0 Å². The Kier molecular flexibility index (Phi) is 15.3. The van der Waals surface area contributed by atoms with E-state index in [0.29, 0.717) is 80.0 Å². The van der Waals surface area contributed by atoms with Crippen molar-refractivity contribution in [1.82, 2.24) is 0 Å². The summed E-state index contributed by atoms with van der Waals surface area (Å²) in [6.07, 6.45) is 0. The van der Waals surface area contributed by atoms with Gasteiger partial charge in [-0.25, -0.2) is 29.6 Å². The molecule has 70 heavy (non-hydrogen) atoms. The maximum absolute atomic E-state index is 12.9. The molecule has 7 aromatic carbocycles. The van der Waals surface area contributed by atoms with E-state index in [1.54, 1.807) is 111 Å². The average molecular weight is 931 g/mol. The number of amidine groups is 6.